The molecular weight excluding hydrogens is 241 g/mol. The van der Waals surface area contributed by atoms with Crippen LogP contribution >= 0.6 is 34.5 Å². The number of hydrogen-bond acceptors (Lipinski definition) is 2. The maximum Gasteiger partial charge on any atom is 0.240 e. The Bertz CT molecular complexity index is 324. The lowest BCUT2D eigenvalue weighted by molar-refractivity contribution is -0.129. The molecule has 0 N–H and O–H groups in total. The third-order valence-corrected chi connectivity index (χ3v) is 3.14. The Balaban J connectivity index is 2.57. The van der Waals surface area contributed by atoms with E-state index in [4.69, 9.17) is 23.2 Å². The number of carbonyl (C=O) groups excluding carboxylic acids is 1. The lowest BCUT2D eigenvalue weighted by Gasteiger charge is -2.17. The van der Waals surface area contributed by atoms with Crippen LogP contribution in [0.3, 0.4) is 0 Å². The highest BCUT2D eigenvalue weighted by Gasteiger charge is 2.15. The van der Waals surface area contributed by atoms with Gasteiger partial charge in [-0.15, -0.1) is 22.9 Å². The highest BCUT2D eigenvalue weighted by atomic mass is 35.5. The minimum absolute atomic E-state index is 0.0730. The third-order valence-electron chi connectivity index (χ3n) is 1.74. The number of nitrogens with zero attached hydrogens (tertiary/aromatic N) is 1. The largest absolute Gasteiger partial charge is 0.339 e. The van der Waals surface area contributed by atoms with E-state index in [0.29, 0.717) is 6.54 Å². The van der Waals surface area contributed by atoms with Crippen LogP contribution in [-0.4, -0.2) is 23.2 Å². The molecule has 1 amide bonds. The van der Waals surface area contributed by atoms with Gasteiger partial charge in [-0.1, -0.05) is 11.6 Å². The monoisotopic (exact) mass is 251 g/mol. The van der Waals surface area contributed by atoms with Crippen LogP contribution in [0.1, 0.15) is 11.8 Å². The van der Waals surface area contributed by atoms with E-state index < -0.39 is 5.38 Å². The maximum atomic E-state index is 11.4. The SMILES string of the molecule is CC(Cl)C(=O)N(C)Cc1ccc(Cl)s1. The van der Waals surface area contributed by atoms with Crippen LogP contribution in [0.5, 0.6) is 0 Å². The van der Waals surface area contributed by atoms with Gasteiger partial charge in [0.05, 0.1) is 10.9 Å². The quantitative estimate of drug-likeness (QED) is 0.757. The first-order valence-corrected chi connectivity index (χ1v) is 5.77. The summed E-state index contributed by atoms with van der Waals surface area (Å²) >= 11 is 12.9. The first kappa shape index (κ1) is 11.8. The zero-order valence-corrected chi connectivity index (χ0v) is 10.3. The predicted octanol–water partition coefficient (Wildman–Crippen LogP) is 2.99. The topological polar surface area (TPSA) is 20.3 Å². The van der Waals surface area contributed by atoms with Crippen molar-refractivity contribution in [3.63, 3.8) is 0 Å². The number of thiophene rings is 1. The molecule has 2 nitrogen and oxygen atoms in total. The molecule has 78 valence electrons. The van der Waals surface area contributed by atoms with Crippen molar-refractivity contribution in [2.75, 3.05) is 7.05 Å². The molecule has 0 saturated carbocycles. The molecule has 0 fully saturated rings. The molecule has 1 unspecified atom stereocenters. The Morgan fingerprint density at radius 1 is 1.64 bits per heavy atom. The van der Waals surface area contributed by atoms with Crippen molar-refractivity contribution < 1.29 is 4.79 Å². The fourth-order valence-corrected chi connectivity index (χ4v) is 2.36. The minimum Gasteiger partial charge on any atom is -0.339 e. The minimum atomic E-state index is -0.476. The van der Waals surface area contributed by atoms with Crippen LogP contribution in [0.25, 0.3) is 0 Å². The van der Waals surface area contributed by atoms with Crippen LogP contribution in [0.15, 0.2) is 12.1 Å². The zero-order chi connectivity index (χ0) is 10.7. The molecule has 0 radical (unpaired) electrons. The normalized spacial score (nSPS) is 12.6. The summed E-state index contributed by atoms with van der Waals surface area (Å²) in [6.45, 7) is 2.23. The number of carbonyl (C=O) groups is 1. The second-order valence-electron chi connectivity index (χ2n) is 3.02. The van der Waals surface area contributed by atoms with E-state index >= 15 is 0 Å². The van der Waals surface area contributed by atoms with E-state index in [1.165, 1.54) is 11.3 Å². The smallest absolute Gasteiger partial charge is 0.240 e. The second kappa shape index (κ2) is 5.01. The van der Waals surface area contributed by atoms with Crippen molar-refractivity contribution in [2.45, 2.75) is 18.8 Å². The molecule has 0 bridgehead atoms. The molecule has 1 aromatic rings. The fraction of sp³-hybridized carbons (Fsp3) is 0.444. The summed E-state index contributed by atoms with van der Waals surface area (Å²) in [7, 11) is 1.73. The van der Waals surface area contributed by atoms with Gasteiger partial charge in [0.1, 0.15) is 5.38 Å². The predicted molar refractivity (Wildman–Crippen MR) is 61.1 cm³/mol. The molecule has 14 heavy (non-hydrogen) atoms. The van der Waals surface area contributed by atoms with Crippen molar-refractivity contribution in [3.8, 4) is 0 Å². The van der Waals surface area contributed by atoms with Gasteiger partial charge in [0.2, 0.25) is 5.91 Å². The number of alkyl halides is 1. The maximum absolute atomic E-state index is 11.4. The second-order valence-corrected chi connectivity index (χ2v) is 5.47. The molecule has 1 rings (SSSR count). The highest BCUT2D eigenvalue weighted by molar-refractivity contribution is 7.16. The van der Waals surface area contributed by atoms with E-state index in [-0.39, 0.29) is 5.91 Å². The summed E-state index contributed by atoms with van der Waals surface area (Å²) in [5, 5.41) is -0.476. The molecule has 0 spiro atoms. The zero-order valence-electron chi connectivity index (χ0n) is 7.96. The molecule has 0 aliphatic rings. The van der Waals surface area contributed by atoms with Gasteiger partial charge in [-0.05, 0) is 19.1 Å². The van der Waals surface area contributed by atoms with Crippen LogP contribution in [0, 0.1) is 0 Å². The van der Waals surface area contributed by atoms with E-state index in [9.17, 15) is 4.79 Å². The Morgan fingerprint density at radius 3 is 2.71 bits per heavy atom. The summed E-state index contributed by atoms with van der Waals surface area (Å²) in [4.78, 5) is 14.1. The summed E-state index contributed by atoms with van der Waals surface area (Å²) < 4.78 is 0.736. The van der Waals surface area contributed by atoms with Gasteiger partial charge in [0, 0.05) is 11.9 Å². The van der Waals surface area contributed by atoms with Gasteiger partial charge in [-0.3, -0.25) is 4.79 Å². The lowest BCUT2D eigenvalue weighted by atomic mass is 10.3. The number of rotatable bonds is 3. The Labute approximate surface area is 97.4 Å². The average Bonchev–Trinajstić information content (AvgIpc) is 2.49. The molecule has 1 aromatic heterocycles. The standard InChI is InChI=1S/C9H11Cl2NOS/c1-6(10)9(13)12(2)5-7-3-4-8(11)14-7/h3-4,6H,5H2,1-2H3. The summed E-state index contributed by atoms with van der Waals surface area (Å²) in [5.41, 5.74) is 0. The summed E-state index contributed by atoms with van der Waals surface area (Å²) in [6, 6.07) is 3.74. The third kappa shape index (κ3) is 3.15. The first-order valence-electron chi connectivity index (χ1n) is 4.14. The molecule has 0 saturated heterocycles. The van der Waals surface area contributed by atoms with Gasteiger partial charge >= 0.3 is 0 Å². The van der Waals surface area contributed by atoms with Crippen molar-refractivity contribution in [2.24, 2.45) is 0 Å². The van der Waals surface area contributed by atoms with Crippen LogP contribution in [0.4, 0.5) is 0 Å². The highest BCUT2D eigenvalue weighted by Crippen LogP contribution is 2.22. The molecule has 1 heterocycles. The van der Waals surface area contributed by atoms with Gasteiger partial charge < -0.3 is 4.90 Å². The molecule has 0 aliphatic heterocycles. The molecule has 0 aliphatic carbocycles. The number of hydrogen-bond donors (Lipinski definition) is 0. The van der Waals surface area contributed by atoms with E-state index in [2.05, 4.69) is 0 Å². The number of halogens is 2. The van der Waals surface area contributed by atoms with E-state index in [0.717, 1.165) is 9.21 Å². The van der Waals surface area contributed by atoms with E-state index in [1.807, 2.05) is 12.1 Å². The molecule has 5 heteroatoms. The van der Waals surface area contributed by atoms with Crippen LogP contribution in [0.2, 0.25) is 4.34 Å². The van der Waals surface area contributed by atoms with Gasteiger partial charge in [-0.2, -0.15) is 0 Å². The summed E-state index contributed by atoms with van der Waals surface area (Å²) in [6.07, 6.45) is 0. The fourth-order valence-electron chi connectivity index (χ4n) is 1.05. The molecule has 1 atom stereocenters. The first-order chi connectivity index (χ1) is 6.50. The van der Waals surface area contributed by atoms with Crippen LogP contribution < -0.4 is 0 Å². The summed E-state index contributed by atoms with van der Waals surface area (Å²) in [5.74, 6) is -0.0730. The van der Waals surface area contributed by atoms with Gasteiger partial charge in [0.25, 0.3) is 0 Å². The Morgan fingerprint density at radius 2 is 2.29 bits per heavy atom. The Kier molecular flexibility index (Phi) is 4.23. The van der Waals surface area contributed by atoms with Crippen molar-refractivity contribution in [1.82, 2.24) is 4.90 Å². The Hall–Kier alpha value is -0.250. The lowest BCUT2D eigenvalue weighted by Crippen LogP contribution is -2.31. The van der Waals surface area contributed by atoms with Crippen molar-refractivity contribution in [1.29, 1.82) is 0 Å². The number of amides is 1. The molecular formula is C9H11Cl2NOS. The molecule has 0 aromatic carbocycles. The van der Waals surface area contributed by atoms with Crippen molar-refractivity contribution in [3.05, 3.63) is 21.3 Å². The van der Waals surface area contributed by atoms with Gasteiger partial charge in [0.15, 0.2) is 0 Å². The van der Waals surface area contributed by atoms with E-state index in [1.54, 1.807) is 18.9 Å². The van der Waals surface area contributed by atoms with Gasteiger partial charge in [-0.25, -0.2) is 0 Å². The van der Waals surface area contributed by atoms with Crippen molar-refractivity contribution >= 4 is 40.4 Å². The average molecular weight is 252 g/mol. The van der Waals surface area contributed by atoms with Crippen LogP contribution in [-0.2, 0) is 11.3 Å².